The van der Waals surface area contributed by atoms with E-state index in [1.165, 1.54) is 0 Å². The van der Waals surface area contributed by atoms with Gasteiger partial charge in [0.05, 0.1) is 18.9 Å². The summed E-state index contributed by atoms with van der Waals surface area (Å²) in [4.78, 5) is 10.3. The fourth-order valence-corrected chi connectivity index (χ4v) is 1.20. The summed E-state index contributed by atoms with van der Waals surface area (Å²) in [6.07, 6.45) is -4.18. The maximum atomic E-state index is 13.6. The van der Waals surface area contributed by atoms with Crippen LogP contribution in [0.4, 0.5) is 22.4 Å². The predicted octanol–water partition coefficient (Wildman–Crippen LogP) is 1.86. The summed E-state index contributed by atoms with van der Waals surface area (Å²) in [5.41, 5.74) is 4.43. The van der Waals surface area contributed by atoms with Crippen molar-refractivity contribution in [3.8, 4) is 5.75 Å². The first-order valence-electron chi connectivity index (χ1n) is 4.79. The van der Waals surface area contributed by atoms with Gasteiger partial charge in [-0.3, -0.25) is 0 Å². The van der Waals surface area contributed by atoms with Crippen LogP contribution >= 0.6 is 0 Å². The average molecular weight is 279 g/mol. The Morgan fingerprint density at radius 1 is 1.47 bits per heavy atom. The van der Waals surface area contributed by atoms with Gasteiger partial charge in [-0.25, -0.2) is 14.6 Å². The molecule has 104 valence electrons. The van der Waals surface area contributed by atoms with Gasteiger partial charge in [-0.15, -0.1) is 0 Å². The lowest BCUT2D eigenvalue weighted by Crippen LogP contribution is -2.24. The highest BCUT2D eigenvalue weighted by Gasteiger charge is 2.35. The number of methoxy groups -OCH3 is 1. The third-order valence-corrected chi connectivity index (χ3v) is 1.99. The second-order valence-electron chi connectivity index (χ2n) is 3.31. The lowest BCUT2D eigenvalue weighted by atomic mass is 10.1. The second kappa shape index (κ2) is 5.55. The molecule has 0 bridgehead atoms. The molecule has 1 aromatic rings. The number of rotatable bonds is 3. The molecule has 0 saturated carbocycles. The van der Waals surface area contributed by atoms with Gasteiger partial charge in [0.15, 0.2) is 0 Å². The molecule has 0 radical (unpaired) electrons. The molecule has 1 aromatic carbocycles. The number of carbonyl (C=O) groups excluding carboxylic acids is 1. The third-order valence-electron chi connectivity index (χ3n) is 1.99. The van der Waals surface area contributed by atoms with Crippen LogP contribution in [0.25, 0.3) is 0 Å². The first kappa shape index (κ1) is 14.7. The number of amides is 2. The number of hydrazone groups is 1. The minimum atomic E-state index is -4.88. The van der Waals surface area contributed by atoms with Crippen LogP contribution in [-0.4, -0.2) is 19.4 Å². The van der Waals surface area contributed by atoms with E-state index in [0.29, 0.717) is 12.3 Å². The number of hydrogen-bond acceptors (Lipinski definition) is 3. The van der Waals surface area contributed by atoms with Gasteiger partial charge in [0.25, 0.3) is 0 Å². The van der Waals surface area contributed by atoms with E-state index >= 15 is 0 Å². The topological polar surface area (TPSA) is 76.7 Å². The molecule has 0 unspecified atom stereocenters. The minimum absolute atomic E-state index is 0.200. The van der Waals surface area contributed by atoms with Gasteiger partial charge in [-0.2, -0.15) is 18.3 Å². The zero-order valence-corrected chi connectivity index (χ0v) is 9.58. The van der Waals surface area contributed by atoms with E-state index in [9.17, 15) is 22.4 Å². The first-order chi connectivity index (χ1) is 8.75. The van der Waals surface area contributed by atoms with Crippen molar-refractivity contribution in [2.45, 2.75) is 6.18 Å². The zero-order chi connectivity index (χ0) is 14.6. The smallest absolute Gasteiger partial charge is 0.419 e. The zero-order valence-electron chi connectivity index (χ0n) is 9.58. The molecular formula is C10H9F4N3O2. The molecule has 0 aromatic heterocycles. The molecule has 0 aliphatic carbocycles. The van der Waals surface area contributed by atoms with Crippen LogP contribution in [0.15, 0.2) is 17.2 Å². The molecule has 0 spiro atoms. The van der Waals surface area contributed by atoms with E-state index in [-0.39, 0.29) is 5.75 Å². The van der Waals surface area contributed by atoms with Crippen molar-refractivity contribution in [3.63, 3.8) is 0 Å². The Kier molecular flexibility index (Phi) is 4.30. The normalized spacial score (nSPS) is 11.6. The van der Waals surface area contributed by atoms with Crippen LogP contribution < -0.4 is 15.9 Å². The van der Waals surface area contributed by atoms with Crippen molar-refractivity contribution in [2.75, 3.05) is 7.11 Å². The lowest BCUT2D eigenvalue weighted by molar-refractivity contribution is -0.140. The van der Waals surface area contributed by atoms with Crippen LogP contribution in [-0.2, 0) is 6.18 Å². The van der Waals surface area contributed by atoms with Crippen molar-refractivity contribution in [2.24, 2.45) is 10.8 Å². The lowest BCUT2D eigenvalue weighted by Gasteiger charge is -2.11. The number of benzene rings is 1. The summed E-state index contributed by atoms with van der Waals surface area (Å²) in [6.45, 7) is 0. The number of carbonyl (C=O) groups is 1. The van der Waals surface area contributed by atoms with E-state index in [1.807, 2.05) is 0 Å². The molecule has 9 heteroatoms. The number of nitrogens with one attached hydrogen (secondary N) is 1. The Bertz CT molecular complexity index is 514. The van der Waals surface area contributed by atoms with Crippen LogP contribution in [0.1, 0.15) is 11.1 Å². The number of hydrogen-bond donors (Lipinski definition) is 2. The Labute approximate surface area is 105 Å². The molecule has 0 aliphatic heterocycles. The van der Waals surface area contributed by atoms with Gasteiger partial charge in [-0.1, -0.05) is 0 Å². The second-order valence-corrected chi connectivity index (χ2v) is 3.31. The molecule has 0 atom stereocenters. The number of halogens is 4. The Balaban J connectivity index is 3.24. The highest BCUT2D eigenvalue weighted by Crippen LogP contribution is 2.34. The van der Waals surface area contributed by atoms with Gasteiger partial charge in [0, 0.05) is 5.56 Å². The Morgan fingerprint density at radius 2 is 2.11 bits per heavy atom. The Morgan fingerprint density at radius 3 is 2.58 bits per heavy atom. The van der Waals surface area contributed by atoms with Crippen molar-refractivity contribution in [1.82, 2.24) is 5.43 Å². The minimum Gasteiger partial charge on any atom is -0.497 e. The fourth-order valence-electron chi connectivity index (χ4n) is 1.20. The van der Waals surface area contributed by atoms with Crippen LogP contribution in [0.3, 0.4) is 0 Å². The van der Waals surface area contributed by atoms with Crippen molar-refractivity contribution < 1.29 is 27.1 Å². The third kappa shape index (κ3) is 3.83. The van der Waals surface area contributed by atoms with E-state index < -0.39 is 29.2 Å². The number of nitrogens with two attached hydrogens (primary N) is 1. The van der Waals surface area contributed by atoms with Gasteiger partial charge < -0.3 is 10.5 Å². The fraction of sp³-hybridized carbons (Fsp3) is 0.200. The summed E-state index contributed by atoms with van der Waals surface area (Å²) < 4.78 is 55.9. The molecule has 0 aliphatic rings. The molecule has 0 fully saturated rings. The molecule has 19 heavy (non-hydrogen) atoms. The highest BCUT2D eigenvalue weighted by molar-refractivity contribution is 5.82. The summed E-state index contributed by atoms with van der Waals surface area (Å²) in [6, 6.07) is 0.487. The first-order valence-corrected chi connectivity index (χ1v) is 4.79. The Hall–Kier alpha value is -2.32. The number of nitrogens with zero attached hydrogens (tertiary/aromatic N) is 1. The maximum absolute atomic E-state index is 13.6. The monoisotopic (exact) mass is 279 g/mol. The van der Waals surface area contributed by atoms with E-state index in [4.69, 9.17) is 0 Å². The van der Waals surface area contributed by atoms with Crippen LogP contribution in [0.2, 0.25) is 0 Å². The average Bonchev–Trinajstić information content (AvgIpc) is 2.29. The SMILES string of the molecule is COc1cc(C=NNC(N)=O)c(F)c(C(F)(F)F)c1. The molecular weight excluding hydrogens is 270 g/mol. The van der Waals surface area contributed by atoms with Crippen LogP contribution in [0.5, 0.6) is 5.75 Å². The summed E-state index contributed by atoms with van der Waals surface area (Å²) in [7, 11) is 1.13. The van der Waals surface area contributed by atoms with Gasteiger partial charge >= 0.3 is 12.2 Å². The molecule has 5 nitrogen and oxygen atoms in total. The summed E-state index contributed by atoms with van der Waals surface area (Å²) in [5.74, 6) is -1.72. The van der Waals surface area contributed by atoms with E-state index in [2.05, 4.69) is 15.6 Å². The van der Waals surface area contributed by atoms with Gasteiger partial charge in [0.2, 0.25) is 0 Å². The molecule has 0 heterocycles. The van der Waals surface area contributed by atoms with Crippen molar-refractivity contribution in [1.29, 1.82) is 0 Å². The maximum Gasteiger partial charge on any atom is 0.419 e. The van der Waals surface area contributed by atoms with Crippen molar-refractivity contribution in [3.05, 3.63) is 29.1 Å². The number of ether oxygens (including phenoxy) is 1. The highest BCUT2D eigenvalue weighted by atomic mass is 19.4. The number of alkyl halides is 3. The van der Waals surface area contributed by atoms with Gasteiger partial charge in [-0.05, 0) is 12.1 Å². The summed E-state index contributed by atoms with van der Waals surface area (Å²) >= 11 is 0. The van der Waals surface area contributed by atoms with Crippen LogP contribution in [0, 0.1) is 5.82 Å². The van der Waals surface area contributed by atoms with E-state index in [0.717, 1.165) is 13.2 Å². The largest absolute Gasteiger partial charge is 0.497 e. The van der Waals surface area contributed by atoms with Crippen molar-refractivity contribution >= 4 is 12.2 Å². The standard InChI is InChI=1S/C10H9F4N3O2/c1-19-6-2-5(4-16-17-9(15)18)8(11)7(3-6)10(12,13)14/h2-4H,1H3,(H3,15,17,18). The molecule has 2 amide bonds. The van der Waals surface area contributed by atoms with Gasteiger partial charge in [0.1, 0.15) is 11.6 Å². The molecule has 0 saturated heterocycles. The van der Waals surface area contributed by atoms with E-state index in [1.54, 1.807) is 5.43 Å². The quantitative estimate of drug-likeness (QED) is 0.503. The predicted molar refractivity (Wildman–Crippen MR) is 58.3 cm³/mol. The number of urea groups is 1. The molecule has 3 N–H and O–H groups in total. The number of primary amides is 1. The molecule has 1 rings (SSSR count). The summed E-state index contributed by atoms with van der Waals surface area (Å²) in [5, 5.41) is 3.19.